The maximum absolute atomic E-state index is 8.81. The number of hydrogen-bond donors (Lipinski definition) is 1. The van der Waals surface area contributed by atoms with Crippen LogP contribution < -0.4 is 0 Å². The fourth-order valence-corrected chi connectivity index (χ4v) is 1.78. The van der Waals surface area contributed by atoms with Gasteiger partial charge in [-0.15, -0.1) is 11.8 Å². The molecule has 1 heterocycles. The predicted molar refractivity (Wildman–Crippen MR) is 52.9 cm³/mol. The van der Waals surface area contributed by atoms with Gasteiger partial charge in [-0.1, -0.05) is 12.1 Å². The van der Waals surface area contributed by atoms with Crippen LogP contribution in [0, 0.1) is 0 Å². The van der Waals surface area contributed by atoms with E-state index in [1.54, 1.807) is 11.8 Å². The standard InChI is InChI=1S/C10H12O2S/c1-13-8-4-2-7(3-5-8)10-9(6-11)12-10/h2-5,9-11H,6H2,1H3/t9-,10+/m1/s1. The quantitative estimate of drug-likeness (QED) is 0.591. The molecule has 0 unspecified atom stereocenters. The molecule has 0 saturated carbocycles. The van der Waals surface area contributed by atoms with Crippen LogP contribution in [0.5, 0.6) is 0 Å². The maximum atomic E-state index is 8.81. The van der Waals surface area contributed by atoms with Gasteiger partial charge in [0.15, 0.2) is 0 Å². The summed E-state index contributed by atoms with van der Waals surface area (Å²) in [6.45, 7) is 0.120. The van der Waals surface area contributed by atoms with Crippen molar-refractivity contribution >= 4 is 11.8 Å². The topological polar surface area (TPSA) is 32.8 Å². The Balaban J connectivity index is 2.07. The van der Waals surface area contributed by atoms with Crippen LogP contribution in [0.15, 0.2) is 29.2 Å². The average Bonchev–Trinajstić information content (AvgIpc) is 2.97. The highest BCUT2D eigenvalue weighted by Gasteiger charge is 2.39. The third kappa shape index (κ3) is 1.88. The van der Waals surface area contributed by atoms with Gasteiger partial charge in [0, 0.05) is 4.90 Å². The molecule has 2 nitrogen and oxygen atoms in total. The zero-order valence-electron chi connectivity index (χ0n) is 7.43. The number of aliphatic hydroxyl groups is 1. The number of aliphatic hydroxyl groups excluding tert-OH is 1. The number of benzene rings is 1. The molecule has 13 heavy (non-hydrogen) atoms. The van der Waals surface area contributed by atoms with Crippen LogP contribution in [0.4, 0.5) is 0 Å². The summed E-state index contributed by atoms with van der Waals surface area (Å²) in [5.41, 5.74) is 1.16. The van der Waals surface area contributed by atoms with E-state index in [1.165, 1.54) is 4.90 Å². The van der Waals surface area contributed by atoms with Crippen molar-refractivity contribution in [2.24, 2.45) is 0 Å². The molecule has 2 rings (SSSR count). The van der Waals surface area contributed by atoms with Crippen LogP contribution in [-0.4, -0.2) is 24.1 Å². The van der Waals surface area contributed by atoms with Gasteiger partial charge in [0.2, 0.25) is 0 Å². The number of epoxide rings is 1. The maximum Gasteiger partial charge on any atom is 0.112 e. The van der Waals surface area contributed by atoms with E-state index in [-0.39, 0.29) is 18.8 Å². The lowest BCUT2D eigenvalue weighted by Gasteiger charge is -1.97. The zero-order chi connectivity index (χ0) is 9.26. The lowest BCUT2D eigenvalue weighted by Crippen LogP contribution is -1.94. The Morgan fingerprint density at radius 1 is 1.38 bits per heavy atom. The molecule has 0 aromatic heterocycles. The van der Waals surface area contributed by atoms with Crippen LogP contribution in [0.2, 0.25) is 0 Å². The summed E-state index contributed by atoms with van der Waals surface area (Å²) in [6, 6.07) is 8.28. The Morgan fingerprint density at radius 3 is 2.54 bits per heavy atom. The Labute approximate surface area is 81.9 Å². The minimum atomic E-state index is 0.0279. The lowest BCUT2D eigenvalue weighted by molar-refractivity contribution is 0.242. The number of ether oxygens (including phenoxy) is 1. The van der Waals surface area contributed by atoms with E-state index in [0.29, 0.717) is 0 Å². The summed E-state index contributed by atoms with van der Waals surface area (Å²) in [7, 11) is 0. The second-order valence-corrected chi connectivity index (χ2v) is 3.93. The van der Waals surface area contributed by atoms with Crippen LogP contribution in [0.25, 0.3) is 0 Å². The van der Waals surface area contributed by atoms with Crippen molar-refractivity contribution < 1.29 is 9.84 Å². The van der Waals surface area contributed by atoms with E-state index in [4.69, 9.17) is 9.84 Å². The summed E-state index contributed by atoms with van der Waals surface area (Å²) in [6.07, 6.45) is 2.21. The molecule has 1 fully saturated rings. The molecule has 2 atom stereocenters. The number of rotatable bonds is 3. The second-order valence-electron chi connectivity index (χ2n) is 3.05. The summed E-state index contributed by atoms with van der Waals surface area (Å²) < 4.78 is 5.27. The first-order valence-electron chi connectivity index (χ1n) is 4.25. The Kier molecular flexibility index (Phi) is 2.58. The van der Waals surface area contributed by atoms with Gasteiger partial charge in [-0.05, 0) is 24.0 Å². The molecule has 0 spiro atoms. The number of thioether (sulfide) groups is 1. The van der Waals surface area contributed by atoms with Gasteiger partial charge in [-0.3, -0.25) is 0 Å². The van der Waals surface area contributed by atoms with E-state index in [0.717, 1.165) is 5.56 Å². The van der Waals surface area contributed by atoms with Crippen LogP contribution >= 0.6 is 11.8 Å². The van der Waals surface area contributed by atoms with E-state index < -0.39 is 0 Å². The fourth-order valence-electron chi connectivity index (χ4n) is 1.37. The number of hydrogen-bond acceptors (Lipinski definition) is 3. The lowest BCUT2D eigenvalue weighted by atomic mass is 10.1. The molecule has 3 heteroatoms. The molecule has 0 bridgehead atoms. The van der Waals surface area contributed by atoms with Gasteiger partial charge >= 0.3 is 0 Å². The second kappa shape index (κ2) is 3.70. The molecule has 0 aliphatic carbocycles. The Hall–Kier alpha value is -0.510. The van der Waals surface area contributed by atoms with Crippen molar-refractivity contribution in [3.05, 3.63) is 29.8 Å². The molecule has 1 aliphatic heterocycles. The third-order valence-corrected chi connectivity index (χ3v) is 2.95. The van der Waals surface area contributed by atoms with E-state index in [2.05, 4.69) is 30.5 Å². The minimum absolute atomic E-state index is 0.0279. The van der Waals surface area contributed by atoms with Crippen molar-refractivity contribution in [3.8, 4) is 0 Å². The highest BCUT2D eigenvalue weighted by molar-refractivity contribution is 7.98. The zero-order valence-corrected chi connectivity index (χ0v) is 8.25. The van der Waals surface area contributed by atoms with Crippen molar-refractivity contribution in [2.75, 3.05) is 12.9 Å². The van der Waals surface area contributed by atoms with Crippen molar-refractivity contribution in [3.63, 3.8) is 0 Å². The van der Waals surface area contributed by atoms with Gasteiger partial charge in [0.05, 0.1) is 6.61 Å². The summed E-state index contributed by atoms with van der Waals surface area (Å²) >= 11 is 1.73. The predicted octanol–water partition coefficient (Wildman–Crippen LogP) is 1.84. The van der Waals surface area contributed by atoms with Crippen molar-refractivity contribution in [1.82, 2.24) is 0 Å². The van der Waals surface area contributed by atoms with Gasteiger partial charge in [0.1, 0.15) is 12.2 Å². The van der Waals surface area contributed by atoms with E-state index in [9.17, 15) is 0 Å². The molecular weight excluding hydrogens is 184 g/mol. The molecule has 0 radical (unpaired) electrons. The van der Waals surface area contributed by atoms with Gasteiger partial charge in [-0.2, -0.15) is 0 Å². The monoisotopic (exact) mass is 196 g/mol. The molecule has 1 aromatic carbocycles. The molecule has 70 valence electrons. The third-order valence-electron chi connectivity index (χ3n) is 2.21. The molecule has 1 N–H and O–H groups in total. The summed E-state index contributed by atoms with van der Waals surface area (Å²) in [5, 5.41) is 8.81. The Bertz CT molecular complexity index is 283. The normalized spacial score (nSPS) is 26.0. The largest absolute Gasteiger partial charge is 0.394 e. The Morgan fingerprint density at radius 2 is 2.08 bits per heavy atom. The first kappa shape index (κ1) is 9.06. The van der Waals surface area contributed by atoms with Crippen LogP contribution in [0.1, 0.15) is 11.7 Å². The summed E-state index contributed by atoms with van der Waals surface area (Å²) in [5.74, 6) is 0. The smallest absolute Gasteiger partial charge is 0.112 e. The van der Waals surface area contributed by atoms with Crippen LogP contribution in [0.3, 0.4) is 0 Å². The van der Waals surface area contributed by atoms with E-state index >= 15 is 0 Å². The van der Waals surface area contributed by atoms with Crippen molar-refractivity contribution in [1.29, 1.82) is 0 Å². The van der Waals surface area contributed by atoms with Gasteiger partial charge in [-0.25, -0.2) is 0 Å². The van der Waals surface area contributed by atoms with Gasteiger partial charge < -0.3 is 9.84 Å². The first-order chi connectivity index (χ1) is 6.35. The van der Waals surface area contributed by atoms with Gasteiger partial charge in [0.25, 0.3) is 0 Å². The van der Waals surface area contributed by atoms with Crippen molar-refractivity contribution in [2.45, 2.75) is 17.1 Å². The van der Waals surface area contributed by atoms with Crippen LogP contribution in [-0.2, 0) is 4.74 Å². The fraction of sp³-hybridized carbons (Fsp3) is 0.400. The molecule has 1 aromatic rings. The molecule has 1 aliphatic rings. The molecular formula is C10H12O2S. The highest BCUT2D eigenvalue weighted by atomic mass is 32.2. The average molecular weight is 196 g/mol. The highest BCUT2D eigenvalue weighted by Crippen LogP contribution is 2.38. The van der Waals surface area contributed by atoms with E-state index in [1.807, 2.05) is 0 Å². The summed E-state index contributed by atoms with van der Waals surface area (Å²) in [4.78, 5) is 1.25. The molecule has 0 amide bonds. The minimum Gasteiger partial charge on any atom is -0.394 e. The molecule has 1 saturated heterocycles. The first-order valence-corrected chi connectivity index (χ1v) is 5.48. The SMILES string of the molecule is CSc1ccc([C@@H]2O[C@@H]2CO)cc1.